The lowest BCUT2D eigenvalue weighted by Crippen LogP contribution is -1.94. The van der Waals surface area contributed by atoms with Crippen LogP contribution in [0.5, 0.6) is 0 Å². The SMILES string of the molecule is Cc1csc(NN=Cc2cc(Cl)c(C)cc2F)n1. The molecule has 0 radical (unpaired) electrons. The van der Waals surface area contributed by atoms with E-state index in [0.29, 0.717) is 21.3 Å². The largest absolute Gasteiger partial charge is 0.253 e. The summed E-state index contributed by atoms with van der Waals surface area (Å²) < 4.78 is 13.6. The number of anilines is 1. The molecule has 94 valence electrons. The number of hydrogen-bond donors (Lipinski definition) is 1. The van der Waals surface area contributed by atoms with E-state index in [2.05, 4.69) is 15.5 Å². The molecular formula is C12H11ClFN3S. The van der Waals surface area contributed by atoms with E-state index < -0.39 is 0 Å². The van der Waals surface area contributed by atoms with Gasteiger partial charge in [0.15, 0.2) is 0 Å². The van der Waals surface area contributed by atoms with Gasteiger partial charge in [0, 0.05) is 16.0 Å². The maximum absolute atomic E-state index is 13.6. The molecule has 1 heterocycles. The minimum Gasteiger partial charge on any atom is -0.253 e. The van der Waals surface area contributed by atoms with E-state index in [0.717, 1.165) is 5.69 Å². The van der Waals surface area contributed by atoms with E-state index in [4.69, 9.17) is 11.6 Å². The Morgan fingerprint density at radius 3 is 2.89 bits per heavy atom. The minimum absolute atomic E-state index is 0.339. The van der Waals surface area contributed by atoms with Gasteiger partial charge in [-0.3, -0.25) is 5.43 Å². The van der Waals surface area contributed by atoms with E-state index in [1.165, 1.54) is 23.6 Å². The van der Waals surface area contributed by atoms with Gasteiger partial charge >= 0.3 is 0 Å². The zero-order valence-corrected chi connectivity index (χ0v) is 11.4. The molecule has 0 aliphatic heterocycles. The zero-order chi connectivity index (χ0) is 13.1. The Morgan fingerprint density at radius 1 is 1.44 bits per heavy atom. The van der Waals surface area contributed by atoms with E-state index >= 15 is 0 Å². The highest BCUT2D eigenvalue weighted by Crippen LogP contribution is 2.19. The number of thiazole rings is 1. The van der Waals surface area contributed by atoms with Crippen LogP contribution in [0.25, 0.3) is 0 Å². The molecule has 3 nitrogen and oxygen atoms in total. The second-order valence-corrected chi connectivity index (χ2v) is 5.05. The van der Waals surface area contributed by atoms with E-state index in [9.17, 15) is 4.39 Å². The molecule has 6 heteroatoms. The summed E-state index contributed by atoms with van der Waals surface area (Å²) in [5.41, 5.74) is 4.70. The molecule has 0 bridgehead atoms. The van der Waals surface area contributed by atoms with Crippen molar-refractivity contribution in [3.63, 3.8) is 0 Å². The minimum atomic E-state index is -0.349. The maximum Gasteiger partial charge on any atom is 0.203 e. The number of aryl methyl sites for hydroxylation is 2. The van der Waals surface area contributed by atoms with Crippen LogP contribution in [0, 0.1) is 19.7 Å². The average Bonchev–Trinajstić information content (AvgIpc) is 2.71. The van der Waals surface area contributed by atoms with Crippen molar-refractivity contribution in [1.82, 2.24) is 4.98 Å². The van der Waals surface area contributed by atoms with E-state index in [1.54, 1.807) is 13.0 Å². The molecule has 2 aromatic rings. The number of hydrogen-bond acceptors (Lipinski definition) is 4. The Balaban J connectivity index is 2.11. The fraction of sp³-hybridized carbons (Fsp3) is 0.167. The summed E-state index contributed by atoms with van der Waals surface area (Å²) in [5, 5.41) is 7.02. The van der Waals surface area contributed by atoms with Gasteiger partial charge in [-0.1, -0.05) is 11.6 Å². The number of nitrogens with zero attached hydrogens (tertiary/aromatic N) is 2. The van der Waals surface area contributed by atoms with Crippen molar-refractivity contribution >= 4 is 34.3 Å². The third kappa shape index (κ3) is 3.05. The molecule has 0 aliphatic rings. The molecule has 0 spiro atoms. The molecule has 0 unspecified atom stereocenters. The number of nitrogens with one attached hydrogen (secondary N) is 1. The lowest BCUT2D eigenvalue weighted by molar-refractivity contribution is 0.625. The molecule has 0 atom stereocenters. The molecule has 18 heavy (non-hydrogen) atoms. The maximum atomic E-state index is 13.6. The van der Waals surface area contributed by atoms with Crippen LogP contribution in [0.2, 0.25) is 5.02 Å². The second kappa shape index (κ2) is 5.46. The van der Waals surface area contributed by atoms with Crippen molar-refractivity contribution in [2.24, 2.45) is 5.10 Å². The van der Waals surface area contributed by atoms with Gasteiger partial charge in [0.1, 0.15) is 5.82 Å². The first-order valence-corrected chi connectivity index (χ1v) is 6.49. The van der Waals surface area contributed by atoms with Gasteiger partial charge in [-0.25, -0.2) is 9.37 Å². The van der Waals surface area contributed by atoms with Crippen LogP contribution >= 0.6 is 22.9 Å². The van der Waals surface area contributed by atoms with Gasteiger partial charge in [-0.15, -0.1) is 11.3 Å². The van der Waals surface area contributed by atoms with Crippen LogP contribution in [-0.2, 0) is 0 Å². The summed E-state index contributed by atoms with van der Waals surface area (Å²) in [6, 6.07) is 2.93. The summed E-state index contributed by atoms with van der Waals surface area (Å²) >= 11 is 7.36. The van der Waals surface area contributed by atoms with Crippen LogP contribution in [0.4, 0.5) is 9.52 Å². The fourth-order valence-electron chi connectivity index (χ4n) is 1.32. The first-order chi connectivity index (χ1) is 8.56. The van der Waals surface area contributed by atoms with Gasteiger partial charge in [0.2, 0.25) is 5.13 Å². The van der Waals surface area contributed by atoms with Gasteiger partial charge < -0.3 is 0 Å². The van der Waals surface area contributed by atoms with Crippen LogP contribution in [-0.4, -0.2) is 11.2 Å². The van der Waals surface area contributed by atoms with Gasteiger partial charge in [-0.05, 0) is 31.5 Å². The highest BCUT2D eigenvalue weighted by molar-refractivity contribution is 7.13. The first kappa shape index (κ1) is 13.0. The van der Waals surface area contributed by atoms with Crippen molar-refractivity contribution in [2.45, 2.75) is 13.8 Å². The molecular weight excluding hydrogens is 273 g/mol. The average molecular weight is 284 g/mol. The van der Waals surface area contributed by atoms with E-state index in [1.807, 2.05) is 12.3 Å². The third-order valence-corrected chi connectivity index (χ3v) is 3.53. The van der Waals surface area contributed by atoms with Crippen LogP contribution < -0.4 is 5.43 Å². The number of benzene rings is 1. The van der Waals surface area contributed by atoms with Crippen molar-refractivity contribution in [1.29, 1.82) is 0 Å². The zero-order valence-electron chi connectivity index (χ0n) is 9.87. The lowest BCUT2D eigenvalue weighted by atomic mass is 10.1. The Bertz CT molecular complexity index is 595. The molecule has 0 saturated carbocycles. The van der Waals surface area contributed by atoms with Crippen molar-refractivity contribution in [2.75, 3.05) is 5.43 Å². The summed E-state index contributed by atoms with van der Waals surface area (Å²) in [5.74, 6) is -0.349. The normalized spacial score (nSPS) is 11.1. The first-order valence-electron chi connectivity index (χ1n) is 5.23. The van der Waals surface area contributed by atoms with Crippen molar-refractivity contribution in [3.8, 4) is 0 Å². The second-order valence-electron chi connectivity index (χ2n) is 3.79. The summed E-state index contributed by atoms with van der Waals surface area (Å²) in [4.78, 5) is 4.17. The van der Waals surface area contributed by atoms with Crippen LogP contribution in [0.1, 0.15) is 16.8 Å². The van der Waals surface area contributed by atoms with Crippen molar-refractivity contribution in [3.05, 3.63) is 45.2 Å². The third-order valence-electron chi connectivity index (χ3n) is 2.26. The lowest BCUT2D eigenvalue weighted by Gasteiger charge is -2.01. The van der Waals surface area contributed by atoms with Gasteiger partial charge in [0.25, 0.3) is 0 Å². The molecule has 1 N–H and O–H groups in total. The Kier molecular flexibility index (Phi) is 3.93. The number of halogens is 2. The standard InChI is InChI=1S/C12H11ClFN3S/c1-7-3-11(14)9(4-10(7)13)5-15-17-12-16-8(2)6-18-12/h3-6H,1-2H3,(H,16,17). The Labute approximate surface area is 113 Å². The Morgan fingerprint density at radius 2 is 2.22 bits per heavy atom. The predicted molar refractivity (Wildman–Crippen MR) is 74.2 cm³/mol. The van der Waals surface area contributed by atoms with Gasteiger partial charge in [-0.2, -0.15) is 5.10 Å². The molecule has 1 aromatic heterocycles. The van der Waals surface area contributed by atoms with Gasteiger partial charge in [0.05, 0.1) is 11.9 Å². The predicted octanol–water partition coefficient (Wildman–Crippen LogP) is 4.00. The topological polar surface area (TPSA) is 37.3 Å². The highest BCUT2D eigenvalue weighted by Gasteiger charge is 2.04. The Hall–Kier alpha value is -1.46. The molecule has 2 rings (SSSR count). The summed E-state index contributed by atoms with van der Waals surface area (Å²) in [6.07, 6.45) is 1.39. The van der Waals surface area contributed by atoms with Crippen LogP contribution in [0.3, 0.4) is 0 Å². The quantitative estimate of drug-likeness (QED) is 0.683. The van der Waals surface area contributed by atoms with E-state index in [-0.39, 0.29) is 5.82 Å². The molecule has 1 aromatic carbocycles. The highest BCUT2D eigenvalue weighted by atomic mass is 35.5. The number of rotatable bonds is 3. The smallest absolute Gasteiger partial charge is 0.203 e. The fourth-order valence-corrected chi connectivity index (χ4v) is 2.13. The molecule has 0 saturated heterocycles. The molecule has 0 aliphatic carbocycles. The number of hydrazone groups is 1. The van der Waals surface area contributed by atoms with Crippen molar-refractivity contribution < 1.29 is 4.39 Å². The number of aromatic nitrogens is 1. The molecule has 0 amide bonds. The molecule has 0 fully saturated rings. The van der Waals surface area contributed by atoms with Crippen LogP contribution in [0.15, 0.2) is 22.6 Å². The monoisotopic (exact) mass is 283 g/mol. The summed E-state index contributed by atoms with van der Waals surface area (Å²) in [6.45, 7) is 3.65. The summed E-state index contributed by atoms with van der Waals surface area (Å²) in [7, 11) is 0.